The Morgan fingerprint density at radius 3 is 2.82 bits per heavy atom. The number of thioether (sulfide) groups is 1. The molecule has 0 spiro atoms. The largest absolute Gasteiger partial charge is 0.395 e. The molecule has 28 heavy (non-hydrogen) atoms. The van der Waals surface area contributed by atoms with E-state index in [9.17, 15) is 5.11 Å². The van der Waals surface area contributed by atoms with Crippen molar-refractivity contribution >= 4 is 50.0 Å². The molecular formula is C19H18N6OS2. The van der Waals surface area contributed by atoms with Crippen LogP contribution in [0.5, 0.6) is 0 Å². The van der Waals surface area contributed by atoms with E-state index in [1.165, 1.54) is 4.70 Å². The summed E-state index contributed by atoms with van der Waals surface area (Å²) in [4.78, 5) is 14.0. The highest BCUT2D eigenvalue weighted by atomic mass is 32.2. The number of aliphatic hydroxyl groups excluding tert-OH is 1. The molecule has 5 aromatic rings. The summed E-state index contributed by atoms with van der Waals surface area (Å²) in [6.45, 7) is 4.71. The van der Waals surface area contributed by atoms with Crippen molar-refractivity contribution in [3.05, 3.63) is 47.7 Å². The van der Waals surface area contributed by atoms with Crippen molar-refractivity contribution in [1.29, 1.82) is 0 Å². The molecule has 1 aromatic carbocycles. The van der Waals surface area contributed by atoms with Crippen LogP contribution in [-0.2, 0) is 12.3 Å². The Morgan fingerprint density at radius 1 is 1.14 bits per heavy atom. The van der Waals surface area contributed by atoms with Crippen LogP contribution in [-0.4, -0.2) is 40.8 Å². The van der Waals surface area contributed by atoms with Gasteiger partial charge in [0.1, 0.15) is 12.0 Å². The summed E-state index contributed by atoms with van der Waals surface area (Å²) in [7, 11) is 0. The zero-order chi connectivity index (χ0) is 19.3. The maximum absolute atomic E-state index is 9.37. The van der Waals surface area contributed by atoms with Gasteiger partial charge < -0.3 is 9.67 Å². The topological polar surface area (TPSA) is 81.1 Å². The third-order valence-electron chi connectivity index (χ3n) is 4.91. The molecule has 0 aliphatic heterocycles. The molecule has 0 aliphatic rings. The second-order valence-corrected chi connectivity index (χ2v) is 8.81. The van der Waals surface area contributed by atoms with Crippen molar-refractivity contribution in [2.75, 3.05) is 6.61 Å². The van der Waals surface area contributed by atoms with E-state index in [0.29, 0.717) is 12.3 Å². The molecular weight excluding hydrogens is 392 g/mol. The molecule has 9 heteroatoms. The van der Waals surface area contributed by atoms with Crippen molar-refractivity contribution in [3.8, 4) is 0 Å². The van der Waals surface area contributed by atoms with E-state index >= 15 is 0 Å². The van der Waals surface area contributed by atoms with E-state index in [2.05, 4.69) is 28.1 Å². The molecule has 0 saturated heterocycles. The number of hydrogen-bond donors (Lipinski definition) is 1. The summed E-state index contributed by atoms with van der Waals surface area (Å²) in [6, 6.07) is 8.16. The predicted octanol–water partition coefficient (Wildman–Crippen LogP) is 3.59. The minimum atomic E-state index is 0.0771. The zero-order valence-corrected chi connectivity index (χ0v) is 17.1. The van der Waals surface area contributed by atoms with Gasteiger partial charge in [-0.15, -0.1) is 16.4 Å². The van der Waals surface area contributed by atoms with Gasteiger partial charge in [0, 0.05) is 12.2 Å². The van der Waals surface area contributed by atoms with Crippen LogP contribution < -0.4 is 0 Å². The standard InChI is InChI=1S/C19H18N6OS2/c1-11-12(2)24(7-8-26)17-16(11)18-22-15(23-25(18)10-20-17)9-27-19-21-13-5-3-4-6-14(13)28-19/h3-6,10,26H,7-9H2,1-2H3. The molecule has 1 N–H and O–H groups in total. The number of nitrogens with zero attached hydrogens (tertiary/aromatic N) is 6. The van der Waals surface area contributed by atoms with E-state index in [4.69, 9.17) is 4.98 Å². The fourth-order valence-electron chi connectivity index (χ4n) is 3.45. The highest BCUT2D eigenvalue weighted by molar-refractivity contribution is 8.00. The van der Waals surface area contributed by atoms with Crippen LogP contribution in [0.4, 0.5) is 0 Å². The first kappa shape index (κ1) is 17.6. The number of hydrogen-bond acceptors (Lipinski definition) is 7. The van der Waals surface area contributed by atoms with Crippen molar-refractivity contribution in [2.45, 2.75) is 30.5 Å². The lowest BCUT2D eigenvalue weighted by Gasteiger charge is -2.04. The average molecular weight is 411 g/mol. The number of rotatable bonds is 5. The lowest BCUT2D eigenvalue weighted by Crippen LogP contribution is -2.05. The van der Waals surface area contributed by atoms with Crippen LogP contribution in [0.1, 0.15) is 17.1 Å². The highest BCUT2D eigenvalue weighted by Crippen LogP contribution is 2.31. The normalized spacial score (nSPS) is 12.0. The lowest BCUT2D eigenvalue weighted by molar-refractivity contribution is 0.276. The molecule has 0 bridgehead atoms. The van der Waals surface area contributed by atoms with Crippen LogP contribution in [0.15, 0.2) is 34.9 Å². The van der Waals surface area contributed by atoms with Gasteiger partial charge in [-0.25, -0.2) is 19.5 Å². The number of benzene rings is 1. The van der Waals surface area contributed by atoms with Gasteiger partial charge in [0.15, 0.2) is 15.8 Å². The molecule has 0 fully saturated rings. The van der Waals surface area contributed by atoms with Gasteiger partial charge in [-0.3, -0.25) is 0 Å². The van der Waals surface area contributed by atoms with Gasteiger partial charge in [-0.2, -0.15) is 0 Å². The number of aryl methyl sites for hydroxylation is 1. The summed E-state index contributed by atoms with van der Waals surface area (Å²) in [5.41, 5.74) is 4.90. The molecule has 0 unspecified atom stereocenters. The minimum absolute atomic E-state index is 0.0771. The van der Waals surface area contributed by atoms with Crippen LogP contribution in [0, 0.1) is 13.8 Å². The number of fused-ring (bicyclic) bond motifs is 4. The molecule has 0 aliphatic carbocycles. The van der Waals surface area contributed by atoms with E-state index in [1.54, 1.807) is 33.9 Å². The summed E-state index contributed by atoms with van der Waals surface area (Å²) >= 11 is 3.34. The molecule has 0 saturated carbocycles. The molecule has 142 valence electrons. The Hall–Kier alpha value is -2.49. The fraction of sp³-hybridized carbons (Fsp3) is 0.263. The van der Waals surface area contributed by atoms with E-state index in [1.807, 2.05) is 29.7 Å². The SMILES string of the molecule is Cc1c(C)n(CCO)c2ncn3nc(CSc4nc5ccccc5s4)nc3c12. The average Bonchev–Trinajstić information content (AvgIpc) is 3.37. The predicted molar refractivity (Wildman–Crippen MR) is 112 cm³/mol. The second kappa shape index (κ2) is 6.84. The van der Waals surface area contributed by atoms with Crippen molar-refractivity contribution in [2.24, 2.45) is 0 Å². The summed E-state index contributed by atoms with van der Waals surface area (Å²) in [5.74, 6) is 1.41. The Bertz CT molecular complexity index is 1290. The van der Waals surface area contributed by atoms with Crippen LogP contribution in [0.25, 0.3) is 26.9 Å². The third-order valence-corrected chi connectivity index (χ3v) is 7.09. The van der Waals surface area contributed by atoms with Gasteiger partial charge in [-0.05, 0) is 31.5 Å². The summed E-state index contributed by atoms with van der Waals surface area (Å²) in [6.07, 6.45) is 1.70. The van der Waals surface area contributed by atoms with Gasteiger partial charge >= 0.3 is 0 Å². The fourth-order valence-corrected chi connectivity index (χ4v) is 5.37. The quantitative estimate of drug-likeness (QED) is 0.446. The summed E-state index contributed by atoms with van der Waals surface area (Å²) in [5, 5.41) is 15.0. The van der Waals surface area contributed by atoms with Crippen molar-refractivity contribution < 1.29 is 5.11 Å². The second-order valence-electron chi connectivity index (χ2n) is 6.56. The van der Waals surface area contributed by atoms with E-state index in [0.717, 1.165) is 43.6 Å². The molecule has 4 aromatic heterocycles. The first-order chi connectivity index (χ1) is 13.7. The van der Waals surface area contributed by atoms with Gasteiger partial charge in [0.05, 0.1) is 28.0 Å². The number of para-hydroxylation sites is 1. The van der Waals surface area contributed by atoms with Crippen molar-refractivity contribution in [1.82, 2.24) is 29.1 Å². The maximum Gasteiger partial charge on any atom is 0.168 e. The zero-order valence-electron chi connectivity index (χ0n) is 15.5. The van der Waals surface area contributed by atoms with Crippen LogP contribution in [0.3, 0.4) is 0 Å². The molecule has 4 heterocycles. The lowest BCUT2D eigenvalue weighted by atomic mass is 10.2. The Labute approximate surface area is 169 Å². The Balaban J connectivity index is 1.50. The smallest absolute Gasteiger partial charge is 0.168 e. The van der Waals surface area contributed by atoms with Gasteiger partial charge in [0.25, 0.3) is 0 Å². The van der Waals surface area contributed by atoms with E-state index < -0.39 is 0 Å². The first-order valence-electron chi connectivity index (χ1n) is 8.94. The van der Waals surface area contributed by atoms with Gasteiger partial charge in [0.2, 0.25) is 0 Å². The summed E-state index contributed by atoms with van der Waals surface area (Å²) < 4.78 is 5.99. The highest BCUT2D eigenvalue weighted by Gasteiger charge is 2.18. The van der Waals surface area contributed by atoms with Crippen LogP contribution >= 0.6 is 23.1 Å². The first-order valence-corrected chi connectivity index (χ1v) is 10.7. The maximum atomic E-state index is 9.37. The minimum Gasteiger partial charge on any atom is -0.395 e. The Morgan fingerprint density at radius 2 is 2.00 bits per heavy atom. The van der Waals surface area contributed by atoms with Gasteiger partial charge in [-0.1, -0.05) is 23.9 Å². The van der Waals surface area contributed by atoms with E-state index in [-0.39, 0.29) is 6.61 Å². The number of aliphatic hydroxyl groups is 1. The molecule has 7 nitrogen and oxygen atoms in total. The third kappa shape index (κ3) is 2.78. The monoisotopic (exact) mass is 410 g/mol. The van der Waals surface area contributed by atoms with Crippen LogP contribution in [0.2, 0.25) is 0 Å². The van der Waals surface area contributed by atoms with Crippen molar-refractivity contribution in [3.63, 3.8) is 0 Å². The molecule has 0 radical (unpaired) electrons. The molecule has 0 amide bonds. The molecule has 5 rings (SSSR count). The molecule has 0 atom stereocenters. The number of aromatic nitrogens is 6. The Kier molecular flexibility index (Phi) is 4.30. The number of thiazole rings is 1.